The quantitative estimate of drug-likeness (QED) is 0.210. The third kappa shape index (κ3) is 34.0. The van der Waals surface area contributed by atoms with E-state index < -0.39 is 10.4 Å². The molecule has 0 heterocycles. The average Bonchev–Trinajstić information content (AvgIpc) is 2.24. The van der Waals surface area contributed by atoms with E-state index in [-0.39, 0.29) is 68.8 Å². The van der Waals surface area contributed by atoms with Crippen molar-refractivity contribution >= 4 is 10.4 Å². The van der Waals surface area contributed by atoms with Crippen molar-refractivity contribution in [3.05, 3.63) is 0 Å². The smallest absolute Gasteiger partial charge is 2.00 e. The van der Waals surface area contributed by atoms with Crippen LogP contribution in [0.3, 0.4) is 0 Å². The van der Waals surface area contributed by atoms with Crippen LogP contribution in [0.15, 0.2) is 0 Å². The molecule has 0 atom stereocenters. The van der Waals surface area contributed by atoms with Crippen LogP contribution in [0.5, 0.6) is 0 Å². The van der Waals surface area contributed by atoms with Crippen molar-refractivity contribution in [2.75, 3.05) is 6.61 Å². The first-order valence-electron chi connectivity index (χ1n) is 6.66. The van der Waals surface area contributed by atoms with Crippen LogP contribution in [-0.2, 0) is 47.3 Å². The fraction of sp³-hybridized carbons (Fsp3) is 1.00. The summed E-state index contributed by atoms with van der Waals surface area (Å²) in [5, 5.41) is 0. The van der Waals surface area contributed by atoms with Gasteiger partial charge < -0.3 is 15.5 Å². The van der Waals surface area contributed by atoms with Gasteiger partial charge in [-0.15, -0.1) is 0 Å². The zero-order chi connectivity index (χ0) is 13.0. The largest absolute Gasteiger partial charge is 4.00 e. The molecule has 0 radical (unpaired) electrons. The molecule has 0 aromatic heterocycles. The summed E-state index contributed by atoms with van der Waals surface area (Å²) in [6.45, 7) is 2.24. The summed E-state index contributed by atoms with van der Waals surface area (Å²) in [4.78, 5) is 0. The summed E-state index contributed by atoms with van der Waals surface area (Å²) in [6, 6.07) is 0. The Balaban J connectivity index is -0.000000213. The first-order chi connectivity index (χ1) is 8.06. The SMILES string of the molecule is CCCCCCCCCCCCOS(=O)(=O)[O-].[Na+].[O-2].[O-2].[Ti+4]. The Bertz CT molecular complexity index is 264. The summed E-state index contributed by atoms with van der Waals surface area (Å²) in [5.41, 5.74) is 0. The first kappa shape index (κ1) is 34.0. The maximum absolute atomic E-state index is 10.1. The summed E-state index contributed by atoms with van der Waals surface area (Å²) < 4.78 is 34.5. The molecule has 9 heteroatoms. The molecule has 0 unspecified atom stereocenters. The molecule has 0 aromatic rings. The molecule has 0 saturated carbocycles. The molecule has 0 fully saturated rings. The number of hydrogen-bond donors (Lipinski definition) is 0. The Labute approximate surface area is 166 Å². The van der Waals surface area contributed by atoms with Crippen LogP contribution in [0.2, 0.25) is 0 Å². The summed E-state index contributed by atoms with van der Waals surface area (Å²) in [5.74, 6) is 0. The van der Waals surface area contributed by atoms with Crippen molar-refractivity contribution in [2.45, 2.75) is 71.1 Å². The van der Waals surface area contributed by atoms with Gasteiger partial charge in [-0.25, -0.2) is 8.42 Å². The van der Waals surface area contributed by atoms with E-state index in [1.165, 1.54) is 44.9 Å². The van der Waals surface area contributed by atoms with Crippen molar-refractivity contribution in [3.8, 4) is 0 Å². The Kier molecular flexibility index (Phi) is 38.4. The van der Waals surface area contributed by atoms with E-state index >= 15 is 0 Å². The first-order valence-corrected chi connectivity index (χ1v) is 8.00. The fourth-order valence-corrected chi connectivity index (χ4v) is 2.07. The summed E-state index contributed by atoms with van der Waals surface area (Å²) in [6.07, 6.45) is 11.7. The van der Waals surface area contributed by atoms with Crippen molar-refractivity contribution in [2.24, 2.45) is 0 Å². The molecule has 0 aliphatic carbocycles. The van der Waals surface area contributed by atoms with Gasteiger partial charge >= 0.3 is 51.3 Å². The van der Waals surface area contributed by atoms with Crippen molar-refractivity contribution in [1.82, 2.24) is 0 Å². The molecule has 0 aliphatic rings. The molecule has 21 heavy (non-hydrogen) atoms. The van der Waals surface area contributed by atoms with Gasteiger partial charge in [0.15, 0.2) is 0 Å². The van der Waals surface area contributed by atoms with Gasteiger partial charge in [0, 0.05) is 0 Å². The molecule has 0 amide bonds. The Morgan fingerprint density at radius 3 is 1.48 bits per heavy atom. The van der Waals surface area contributed by atoms with Crippen LogP contribution in [-0.4, -0.2) is 19.6 Å². The number of rotatable bonds is 12. The Morgan fingerprint density at radius 2 is 1.14 bits per heavy atom. The molecular weight excluding hydrogens is 343 g/mol. The van der Waals surface area contributed by atoms with Gasteiger partial charge in [-0.3, -0.25) is 4.18 Å². The fourth-order valence-electron chi connectivity index (χ4n) is 1.75. The molecule has 0 N–H and O–H groups in total. The second-order valence-electron chi connectivity index (χ2n) is 4.41. The van der Waals surface area contributed by atoms with Crippen molar-refractivity contribution in [3.63, 3.8) is 0 Å². The molecule has 0 aliphatic heterocycles. The maximum Gasteiger partial charge on any atom is 4.00 e. The van der Waals surface area contributed by atoms with Gasteiger partial charge in [0.25, 0.3) is 0 Å². The second kappa shape index (κ2) is 23.8. The van der Waals surface area contributed by atoms with E-state index in [1.807, 2.05) is 0 Å². The predicted molar refractivity (Wildman–Crippen MR) is 68.9 cm³/mol. The van der Waals surface area contributed by atoms with E-state index in [1.54, 1.807) is 0 Å². The van der Waals surface area contributed by atoms with Gasteiger partial charge in [0.1, 0.15) is 0 Å². The Hall–Kier alpha value is 1.50. The van der Waals surface area contributed by atoms with Crippen molar-refractivity contribution < 1.29 is 79.4 Å². The molecule has 6 nitrogen and oxygen atoms in total. The van der Waals surface area contributed by atoms with E-state index in [2.05, 4.69) is 11.1 Å². The second-order valence-corrected chi connectivity index (χ2v) is 5.46. The third-order valence-electron chi connectivity index (χ3n) is 2.73. The van der Waals surface area contributed by atoms with E-state index in [0.717, 1.165) is 12.8 Å². The van der Waals surface area contributed by atoms with Crippen LogP contribution in [0, 0.1) is 0 Å². The maximum atomic E-state index is 10.1. The molecular formula is C12H25NaO6STi. The van der Waals surface area contributed by atoms with Crippen LogP contribution in [0.1, 0.15) is 71.1 Å². The topological polar surface area (TPSA) is 123 Å². The Morgan fingerprint density at radius 1 is 0.810 bits per heavy atom. The summed E-state index contributed by atoms with van der Waals surface area (Å²) >= 11 is 0. The standard InChI is InChI=1S/C12H26O4S.Na.2O.Ti/c1-2-3-4-5-6-7-8-9-10-11-12-16-17(13,14)15;;;;/h2-12H2,1H3,(H,13,14,15);;;;/q;+1;2*-2;+4/p-1. The third-order valence-corrected chi connectivity index (χ3v) is 3.18. The monoisotopic (exact) mass is 368 g/mol. The van der Waals surface area contributed by atoms with Gasteiger partial charge in [-0.2, -0.15) is 0 Å². The van der Waals surface area contributed by atoms with E-state index in [9.17, 15) is 13.0 Å². The molecule has 0 rings (SSSR count). The van der Waals surface area contributed by atoms with Crippen LogP contribution >= 0.6 is 0 Å². The van der Waals surface area contributed by atoms with E-state index in [0.29, 0.717) is 6.42 Å². The minimum absolute atomic E-state index is 0. The molecule has 120 valence electrons. The van der Waals surface area contributed by atoms with Crippen LogP contribution in [0.4, 0.5) is 0 Å². The van der Waals surface area contributed by atoms with Gasteiger partial charge in [-0.1, -0.05) is 64.7 Å². The van der Waals surface area contributed by atoms with Gasteiger partial charge in [-0.05, 0) is 6.42 Å². The van der Waals surface area contributed by atoms with E-state index in [4.69, 9.17) is 0 Å². The molecule has 0 saturated heterocycles. The van der Waals surface area contributed by atoms with Gasteiger partial charge in [0.2, 0.25) is 10.4 Å². The van der Waals surface area contributed by atoms with Gasteiger partial charge in [0.05, 0.1) is 6.61 Å². The number of unbranched alkanes of at least 4 members (excludes halogenated alkanes) is 9. The zero-order valence-corrected chi connectivity index (χ0v) is 17.5. The summed E-state index contributed by atoms with van der Waals surface area (Å²) in [7, 11) is -4.48. The number of hydrogen-bond acceptors (Lipinski definition) is 4. The minimum atomic E-state index is -4.48. The molecule has 0 bridgehead atoms. The molecule has 0 aromatic carbocycles. The normalized spacial score (nSPS) is 9.62. The molecule has 0 spiro atoms. The predicted octanol–water partition coefficient (Wildman–Crippen LogP) is 0.148. The zero-order valence-electron chi connectivity index (χ0n) is 13.1. The van der Waals surface area contributed by atoms with Crippen LogP contribution < -0.4 is 29.6 Å². The minimum Gasteiger partial charge on any atom is -2.00 e. The van der Waals surface area contributed by atoms with Crippen molar-refractivity contribution in [1.29, 1.82) is 0 Å². The van der Waals surface area contributed by atoms with Crippen LogP contribution in [0.25, 0.3) is 0 Å². The average molecular weight is 368 g/mol.